The zero-order chi connectivity index (χ0) is 15.3. The maximum Gasteiger partial charge on any atom is 0.341 e. The Balaban J connectivity index is 2.79. The van der Waals surface area contributed by atoms with Crippen molar-refractivity contribution in [3.8, 4) is 0 Å². The lowest BCUT2D eigenvalue weighted by atomic mass is 10.2. The molecule has 0 saturated heterocycles. The molecule has 1 heterocycles. The van der Waals surface area contributed by atoms with Crippen molar-refractivity contribution in [2.75, 3.05) is 34.3 Å². The van der Waals surface area contributed by atoms with Gasteiger partial charge in [0.25, 0.3) is 0 Å². The molecule has 1 aromatic heterocycles. The van der Waals surface area contributed by atoms with Gasteiger partial charge in [-0.05, 0) is 14.0 Å². The highest BCUT2D eigenvalue weighted by Crippen LogP contribution is 2.11. The lowest BCUT2D eigenvalue weighted by Crippen LogP contribution is -2.34. The maximum atomic E-state index is 11.8. The molecule has 20 heavy (non-hydrogen) atoms. The fourth-order valence-corrected chi connectivity index (χ4v) is 1.71. The molecule has 0 spiro atoms. The minimum atomic E-state index is -0.386. The highest BCUT2D eigenvalue weighted by molar-refractivity contribution is 5.90. The van der Waals surface area contributed by atoms with Crippen LogP contribution in [0.3, 0.4) is 0 Å². The van der Waals surface area contributed by atoms with E-state index in [0.717, 1.165) is 5.69 Å². The minimum Gasteiger partial charge on any atom is -0.462 e. The van der Waals surface area contributed by atoms with Crippen LogP contribution in [-0.4, -0.2) is 65.8 Å². The van der Waals surface area contributed by atoms with Crippen LogP contribution in [0.25, 0.3) is 0 Å². The van der Waals surface area contributed by atoms with E-state index in [4.69, 9.17) is 4.74 Å². The molecule has 0 unspecified atom stereocenters. The van der Waals surface area contributed by atoms with Crippen LogP contribution < -0.4 is 0 Å². The predicted octanol–water partition coefficient (Wildman–Crippen LogP) is 0.117. The normalized spacial score (nSPS) is 10.7. The van der Waals surface area contributed by atoms with Gasteiger partial charge in [-0.2, -0.15) is 5.10 Å². The number of nitrogens with zero attached hydrogens (tertiary/aromatic N) is 4. The van der Waals surface area contributed by atoms with Crippen LogP contribution in [0, 0.1) is 0 Å². The van der Waals surface area contributed by atoms with E-state index in [-0.39, 0.29) is 18.4 Å². The van der Waals surface area contributed by atoms with Crippen LogP contribution in [0.2, 0.25) is 0 Å². The first kappa shape index (κ1) is 16.2. The Hall–Kier alpha value is -1.89. The Morgan fingerprint density at radius 2 is 2.00 bits per heavy atom. The summed E-state index contributed by atoms with van der Waals surface area (Å²) in [5, 5.41) is 4.08. The summed E-state index contributed by atoms with van der Waals surface area (Å²) in [6, 6.07) is 0. The fraction of sp³-hybridized carbons (Fsp3) is 0.615. The van der Waals surface area contributed by atoms with Gasteiger partial charge in [0.05, 0.1) is 25.0 Å². The number of carbonyl (C=O) groups is 2. The lowest BCUT2D eigenvalue weighted by molar-refractivity contribution is -0.129. The highest BCUT2D eigenvalue weighted by Gasteiger charge is 2.19. The summed E-state index contributed by atoms with van der Waals surface area (Å²) in [6.45, 7) is 2.81. The quantitative estimate of drug-likeness (QED) is 0.693. The molecule has 1 aromatic rings. The summed E-state index contributed by atoms with van der Waals surface area (Å²) in [5.41, 5.74) is 1.18. The molecule has 0 aliphatic rings. The van der Waals surface area contributed by atoms with Gasteiger partial charge in [-0.15, -0.1) is 0 Å². The number of aryl methyl sites for hydroxylation is 1. The third-order valence-electron chi connectivity index (χ3n) is 2.88. The molecular weight excluding hydrogens is 260 g/mol. The van der Waals surface area contributed by atoms with Gasteiger partial charge in [0.2, 0.25) is 5.91 Å². The average molecular weight is 282 g/mol. The van der Waals surface area contributed by atoms with Crippen LogP contribution in [0.1, 0.15) is 23.0 Å². The van der Waals surface area contributed by atoms with E-state index < -0.39 is 0 Å². The average Bonchev–Trinajstić information content (AvgIpc) is 2.71. The summed E-state index contributed by atoms with van der Waals surface area (Å²) in [7, 11) is 7.01. The van der Waals surface area contributed by atoms with Gasteiger partial charge in [-0.3, -0.25) is 14.4 Å². The van der Waals surface area contributed by atoms with Crippen LogP contribution in [0.15, 0.2) is 6.20 Å². The molecule has 112 valence electrons. The van der Waals surface area contributed by atoms with Crippen molar-refractivity contribution in [3.63, 3.8) is 0 Å². The molecule has 0 radical (unpaired) electrons. The van der Waals surface area contributed by atoms with E-state index >= 15 is 0 Å². The number of ether oxygens (including phenoxy) is 1. The third-order valence-corrected chi connectivity index (χ3v) is 2.88. The zero-order valence-corrected chi connectivity index (χ0v) is 12.7. The Kier molecular flexibility index (Phi) is 5.69. The molecule has 0 aliphatic carbocycles. The van der Waals surface area contributed by atoms with Gasteiger partial charge in [-0.1, -0.05) is 0 Å². The molecule has 0 N–H and O–H groups in total. The summed E-state index contributed by atoms with van der Waals surface area (Å²) < 4.78 is 6.62. The van der Waals surface area contributed by atoms with Gasteiger partial charge >= 0.3 is 5.97 Å². The van der Waals surface area contributed by atoms with Crippen molar-refractivity contribution in [2.45, 2.75) is 13.5 Å². The molecule has 7 nitrogen and oxygen atoms in total. The molecule has 0 fully saturated rings. The molecule has 0 aromatic carbocycles. The molecule has 0 saturated carbocycles. The number of hydrogen-bond donors (Lipinski definition) is 0. The van der Waals surface area contributed by atoms with Crippen molar-refractivity contribution < 1.29 is 14.3 Å². The van der Waals surface area contributed by atoms with Gasteiger partial charge < -0.3 is 9.64 Å². The third kappa shape index (κ3) is 4.06. The molecule has 1 amide bonds. The summed E-state index contributed by atoms with van der Waals surface area (Å²) in [5.74, 6) is -0.379. The number of esters is 1. The smallest absolute Gasteiger partial charge is 0.341 e. The fourth-order valence-electron chi connectivity index (χ4n) is 1.71. The second kappa shape index (κ2) is 7.04. The van der Waals surface area contributed by atoms with Gasteiger partial charge in [-0.25, -0.2) is 4.79 Å². The summed E-state index contributed by atoms with van der Waals surface area (Å²) in [4.78, 5) is 26.8. The molecule has 0 bridgehead atoms. The predicted molar refractivity (Wildman–Crippen MR) is 74.2 cm³/mol. The number of aromatic nitrogens is 2. The van der Waals surface area contributed by atoms with Crippen molar-refractivity contribution in [3.05, 3.63) is 17.5 Å². The minimum absolute atomic E-state index is 0.00681. The van der Waals surface area contributed by atoms with Crippen molar-refractivity contribution in [2.24, 2.45) is 7.05 Å². The van der Waals surface area contributed by atoms with E-state index in [1.54, 1.807) is 32.7 Å². The van der Waals surface area contributed by atoms with Crippen molar-refractivity contribution >= 4 is 11.9 Å². The van der Waals surface area contributed by atoms with Crippen LogP contribution in [0.4, 0.5) is 0 Å². The van der Waals surface area contributed by atoms with Gasteiger partial charge in [0.1, 0.15) is 5.56 Å². The van der Waals surface area contributed by atoms with Gasteiger partial charge in [0, 0.05) is 27.7 Å². The SMILES string of the molecule is CCOC(=O)c1cnn(C)c1CN(C)CC(=O)N(C)C. The van der Waals surface area contributed by atoms with E-state index in [0.29, 0.717) is 18.7 Å². The van der Waals surface area contributed by atoms with Crippen LogP contribution >= 0.6 is 0 Å². The second-order valence-electron chi connectivity index (χ2n) is 4.81. The van der Waals surface area contributed by atoms with E-state index in [1.807, 2.05) is 11.9 Å². The number of likely N-dealkylation sites (N-methyl/N-ethyl adjacent to an activating group) is 2. The Bertz CT molecular complexity index is 482. The topological polar surface area (TPSA) is 67.7 Å². The largest absolute Gasteiger partial charge is 0.462 e. The monoisotopic (exact) mass is 282 g/mol. The molecule has 7 heteroatoms. The first-order valence-electron chi connectivity index (χ1n) is 6.43. The van der Waals surface area contributed by atoms with Crippen LogP contribution in [0.5, 0.6) is 0 Å². The number of hydrogen-bond acceptors (Lipinski definition) is 5. The van der Waals surface area contributed by atoms with E-state index in [9.17, 15) is 9.59 Å². The first-order chi connectivity index (χ1) is 9.36. The molecule has 1 rings (SSSR count). The zero-order valence-electron chi connectivity index (χ0n) is 12.7. The standard InChI is InChI=1S/C13H22N4O3/c1-6-20-13(19)10-7-14-17(5)11(10)8-16(4)9-12(18)15(2)3/h7H,6,8-9H2,1-5H3. The maximum absolute atomic E-state index is 11.8. The Morgan fingerprint density at radius 3 is 2.55 bits per heavy atom. The van der Waals surface area contributed by atoms with Gasteiger partial charge in [0.15, 0.2) is 0 Å². The Labute approximate surface area is 119 Å². The second-order valence-corrected chi connectivity index (χ2v) is 4.81. The van der Waals surface area contributed by atoms with E-state index in [1.165, 1.54) is 11.1 Å². The van der Waals surface area contributed by atoms with Crippen LogP contribution in [-0.2, 0) is 23.1 Å². The number of carbonyl (C=O) groups excluding carboxylic acids is 2. The molecule has 0 aliphatic heterocycles. The molecule has 0 atom stereocenters. The number of rotatable bonds is 6. The van der Waals surface area contributed by atoms with E-state index in [2.05, 4.69) is 5.10 Å². The lowest BCUT2D eigenvalue weighted by Gasteiger charge is -2.19. The van der Waals surface area contributed by atoms with Crippen molar-refractivity contribution in [1.82, 2.24) is 19.6 Å². The molecular formula is C13H22N4O3. The summed E-state index contributed by atoms with van der Waals surface area (Å²) in [6.07, 6.45) is 1.49. The number of amides is 1. The summed E-state index contributed by atoms with van der Waals surface area (Å²) >= 11 is 0. The highest BCUT2D eigenvalue weighted by atomic mass is 16.5. The first-order valence-corrected chi connectivity index (χ1v) is 6.43. The van der Waals surface area contributed by atoms with Crippen molar-refractivity contribution in [1.29, 1.82) is 0 Å². The Morgan fingerprint density at radius 1 is 1.35 bits per heavy atom.